The molecule has 0 bridgehead atoms. The number of nitrogens with zero attached hydrogens (tertiary/aromatic N) is 2. The van der Waals surface area contributed by atoms with Crippen LogP contribution in [0.4, 0.5) is 0 Å². The Balaban J connectivity index is 1.27. The highest BCUT2D eigenvalue weighted by Crippen LogP contribution is 2.25. The number of hydrogen-bond acceptors (Lipinski definition) is 5. The maximum absolute atomic E-state index is 12.5. The molecule has 2 aromatic carbocycles. The van der Waals surface area contributed by atoms with Gasteiger partial charge in [0.1, 0.15) is 0 Å². The standard InChI is InChI=1S/C23H22N2O5/c26-20(11-10-16-6-2-1-3-7-16)24-14-12-17(13-15-24)23(29)30-25-21(27)18-8-4-5-9-19(18)22(25)28/h1-9,17H,10-15H2. The SMILES string of the molecule is O=C(ON1C(=O)c2ccccc2C1=O)C1CCN(C(=O)CCc2ccccc2)CC1. The van der Waals surface area contributed by atoms with Crippen molar-refractivity contribution in [1.29, 1.82) is 0 Å². The molecule has 2 aliphatic rings. The summed E-state index contributed by atoms with van der Waals surface area (Å²) in [6.45, 7) is 0.908. The number of likely N-dealkylation sites (tertiary alicyclic amines) is 1. The van der Waals surface area contributed by atoms with Crippen LogP contribution in [-0.2, 0) is 20.8 Å². The summed E-state index contributed by atoms with van der Waals surface area (Å²) in [7, 11) is 0. The molecule has 2 aliphatic heterocycles. The molecule has 2 heterocycles. The lowest BCUT2D eigenvalue weighted by atomic mass is 9.96. The molecule has 0 N–H and O–H groups in total. The van der Waals surface area contributed by atoms with Crippen LogP contribution in [-0.4, -0.2) is 46.7 Å². The second-order valence-corrected chi connectivity index (χ2v) is 7.50. The molecule has 7 nitrogen and oxygen atoms in total. The summed E-state index contributed by atoms with van der Waals surface area (Å²) in [4.78, 5) is 56.5. The lowest BCUT2D eigenvalue weighted by Crippen LogP contribution is -2.42. The first-order valence-corrected chi connectivity index (χ1v) is 10.1. The number of aryl methyl sites for hydroxylation is 1. The van der Waals surface area contributed by atoms with Gasteiger partial charge in [-0.15, -0.1) is 0 Å². The van der Waals surface area contributed by atoms with Crippen molar-refractivity contribution >= 4 is 23.7 Å². The first kappa shape index (κ1) is 19.8. The number of carbonyl (C=O) groups is 4. The number of benzene rings is 2. The molecule has 2 aromatic rings. The van der Waals surface area contributed by atoms with Crippen molar-refractivity contribution in [2.45, 2.75) is 25.7 Å². The van der Waals surface area contributed by atoms with Gasteiger partial charge in [0.05, 0.1) is 17.0 Å². The third kappa shape index (κ3) is 3.96. The lowest BCUT2D eigenvalue weighted by Gasteiger charge is -2.31. The molecule has 3 amide bonds. The molecule has 1 fully saturated rings. The quantitative estimate of drug-likeness (QED) is 0.713. The van der Waals surface area contributed by atoms with Gasteiger partial charge in [-0.3, -0.25) is 14.4 Å². The van der Waals surface area contributed by atoms with Crippen molar-refractivity contribution in [3.05, 3.63) is 71.3 Å². The van der Waals surface area contributed by atoms with Crippen LogP contribution in [0.5, 0.6) is 0 Å². The Bertz CT molecular complexity index is 945. The first-order valence-electron chi connectivity index (χ1n) is 10.1. The van der Waals surface area contributed by atoms with Crippen molar-refractivity contribution < 1.29 is 24.0 Å². The average molecular weight is 406 g/mol. The molecule has 0 radical (unpaired) electrons. The molecule has 0 spiro atoms. The fourth-order valence-electron chi connectivity index (χ4n) is 3.83. The number of imide groups is 1. The predicted molar refractivity (Wildman–Crippen MR) is 107 cm³/mol. The van der Waals surface area contributed by atoms with E-state index in [-0.39, 0.29) is 17.0 Å². The maximum Gasteiger partial charge on any atom is 0.336 e. The molecule has 1 saturated heterocycles. The Kier molecular flexibility index (Phi) is 5.61. The summed E-state index contributed by atoms with van der Waals surface area (Å²) in [5.41, 5.74) is 1.58. The Labute approximate surface area is 174 Å². The molecule has 7 heteroatoms. The highest BCUT2D eigenvalue weighted by molar-refractivity contribution is 6.20. The average Bonchev–Trinajstić information content (AvgIpc) is 3.03. The summed E-state index contributed by atoms with van der Waals surface area (Å²) in [5.74, 6) is -2.26. The first-order chi connectivity index (χ1) is 14.5. The number of hydrogen-bond donors (Lipinski definition) is 0. The van der Waals surface area contributed by atoms with E-state index in [1.54, 1.807) is 17.0 Å². The van der Waals surface area contributed by atoms with Gasteiger partial charge in [-0.1, -0.05) is 47.5 Å². The van der Waals surface area contributed by atoms with E-state index >= 15 is 0 Å². The van der Waals surface area contributed by atoms with Gasteiger partial charge in [-0.05, 0) is 37.0 Å². The van der Waals surface area contributed by atoms with Crippen molar-refractivity contribution in [3.8, 4) is 0 Å². The van der Waals surface area contributed by atoms with Gasteiger partial charge >= 0.3 is 5.97 Å². The number of piperidine rings is 1. The highest BCUT2D eigenvalue weighted by atomic mass is 16.7. The van der Waals surface area contributed by atoms with Gasteiger partial charge in [0.15, 0.2) is 0 Å². The molecule has 0 saturated carbocycles. The number of fused-ring (bicyclic) bond motifs is 1. The fourth-order valence-corrected chi connectivity index (χ4v) is 3.83. The van der Waals surface area contributed by atoms with Crippen LogP contribution >= 0.6 is 0 Å². The van der Waals surface area contributed by atoms with Crippen LogP contribution in [0.25, 0.3) is 0 Å². The normalized spacial score (nSPS) is 16.5. The van der Waals surface area contributed by atoms with Crippen LogP contribution < -0.4 is 0 Å². The zero-order valence-corrected chi connectivity index (χ0v) is 16.5. The fraction of sp³-hybridized carbons (Fsp3) is 0.304. The summed E-state index contributed by atoms with van der Waals surface area (Å²) in [6.07, 6.45) is 1.99. The Morgan fingerprint density at radius 2 is 1.43 bits per heavy atom. The molecule has 30 heavy (non-hydrogen) atoms. The van der Waals surface area contributed by atoms with Crippen LogP contribution in [0.1, 0.15) is 45.5 Å². The predicted octanol–water partition coefficient (Wildman–Crippen LogP) is 2.61. The molecule has 0 aliphatic carbocycles. The molecular weight excluding hydrogens is 384 g/mol. The Morgan fingerprint density at radius 1 is 0.867 bits per heavy atom. The monoisotopic (exact) mass is 406 g/mol. The van der Waals surface area contributed by atoms with E-state index in [0.717, 1.165) is 5.56 Å². The summed E-state index contributed by atoms with van der Waals surface area (Å²) in [6, 6.07) is 16.2. The number of carbonyl (C=O) groups excluding carboxylic acids is 4. The van der Waals surface area contributed by atoms with Gasteiger partial charge in [-0.2, -0.15) is 0 Å². The minimum atomic E-state index is -0.627. The topological polar surface area (TPSA) is 84.0 Å². The maximum atomic E-state index is 12.5. The number of rotatable bonds is 5. The third-order valence-corrected chi connectivity index (χ3v) is 5.59. The Hall–Kier alpha value is -3.48. The zero-order chi connectivity index (χ0) is 21.1. The second-order valence-electron chi connectivity index (χ2n) is 7.50. The van der Waals surface area contributed by atoms with Gasteiger partial charge in [0, 0.05) is 19.5 Å². The number of amides is 3. The van der Waals surface area contributed by atoms with Gasteiger partial charge in [0.2, 0.25) is 5.91 Å². The van der Waals surface area contributed by atoms with E-state index in [0.29, 0.717) is 43.8 Å². The summed E-state index contributed by atoms with van der Waals surface area (Å²) in [5, 5.41) is 0.546. The van der Waals surface area contributed by atoms with Crippen LogP contribution in [0.2, 0.25) is 0 Å². The highest BCUT2D eigenvalue weighted by Gasteiger charge is 2.40. The van der Waals surface area contributed by atoms with Gasteiger partial charge < -0.3 is 9.74 Å². The molecule has 4 rings (SSSR count). The van der Waals surface area contributed by atoms with E-state index in [4.69, 9.17) is 4.84 Å². The molecule has 0 aromatic heterocycles. The van der Waals surface area contributed by atoms with Crippen molar-refractivity contribution in [1.82, 2.24) is 9.96 Å². The largest absolute Gasteiger partial charge is 0.343 e. The summed E-state index contributed by atoms with van der Waals surface area (Å²) < 4.78 is 0. The van der Waals surface area contributed by atoms with E-state index in [1.165, 1.54) is 12.1 Å². The summed E-state index contributed by atoms with van der Waals surface area (Å²) >= 11 is 0. The molecule has 0 atom stereocenters. The lowest BCUT2D eigenvalue weighted by molar-refractivity contribution is -0.175. The van der Waals surface area contributed by atoms with Crippen molar-refractivity contribution in [2.24, 2.45) is 5.92 Å². The van der Waals surface area contributed by atoms with Gasteiger partial charge in [0.25, 0.3) is 11.8 Å². The Morgan fingerprint density at radius 3 is 2.03 bits per heavy atom. The van der Waals surface area contributed by atoms with E-state index in [2.05, 4.69) is 0 Å². The number of hydroxylamine groups is 2. The minimum absolute atomic E-state index is 0.0611. The second kappa shape index (κ2) is 8.49. The van der Waals surface area contributed by atoms with E-state index < -0.39 is 23.7 Å². The van der Waals surface area contributed by atoms with Crippen molar-refractivity contribution in [3.63, 3.8) is 0 Å². The van der Waals surface area contributed by atoms with Gasteiger partial charge in [-0.25, -0.2) is 4.79 Å². The van der Waals surface area contributed by atoms with E-state index in [9.17, 15) is 19.2 Å². The van der Waals surface area contributed by atoms with Crippen LogP contribution in [0, 0.1) is 5.92 Å². The van der Waals surface area contributed by atoms with Crippen LogP contribution in [0.3, 0.4) is 0 Å². The third-order valence-electron chi connectivity index (χ3n) is 5.59. The molecular formula is C23H22N2O5. The molecule has 154 valence electrons. The van der Waals surface area contributed by atoms with Crippen LogP contribution in [0.15, 0.2) is 54.6 Å². The zero-order valence-electron chi connectivity index (χ0n) is 16.5. The smallest absolute Gasteiger partial charge is 0.336 e. The minimum Gasteiger partial charge on any atom is -0.343 e. The molecule has 0 unspecified atom stereocenters. The van der Waals surface area contributed by atoms with Crippen molar-refractivity contribution in [2.75, 3.05) is 13.1 Å². The van der Waals surface area contributed by atoms with E-state index in [1.807, 2.05) is 30.3 Å².